The Hall–Kier alpha value is -2.98. The monoisotopic (exact) mass is 348 g/mol. The lowest BCUT2D eigenvalue weighted by atomic mass is 10.1. The number of aromatic hydroxyl groups is 2. The molecule has 0 aliphatic carbocycles. The zero-order valence-corrected chi connectivity index (χ0v) is 14.4. The third-order valence-electron chi connectivity index (χ3n) is 4.00. The van der Waals surface area contributed by atoms with Crippen molar-refractivity contribution in [1.82, 2.24) is 0 Å². The summed E-state index contributed by atoms with van der Waals surface area (Å²) in [5, 5.41) is 20.2. The molecule has 0 aliphatic rings. The summed E-state index contributed by atoms with van der Waals surface area (Å²) in [7, 11) is 0. The van der Waals surface area contributed by atoms with E-state index in [1.165, 1.54) is 5.56 Å². The Balaban J connectivity index is 1.88. The molecule has 0 saturated heterocycles. The van der Waals surface area contributed by atoms with Gasteiger partial charge in [-0.05, 0) is 55.0 Å². The predicted octanol–water partition coefficient (Wildman–Crippen LogP) is 6.08. The highest BCUT2D eigenvalue weighted by atomic mass is 32.1. The number of aryl methyl sites for hydroxylation is 1. The fraction of sp³-hybridized carbons (Fsp3) is 0.0476. The molecule has 25 heavy (non-hydrogen) atoms. The second kappa shape index (κ2) is 6.15. The second-order valence-corrected chi connectivity index (χ2v) is 6.95. The van der Waals surface area contributed by atoms with Gasteiger partial charge in [0.15, 0.2) is 5.75 Å². The van der Waals surface area contributed by atoms with Crippen molar-refractivity contribution in [2.45, 2.75) is 6.92 Å². The van der Waals surface area contributed by atoms with Crippen molar-refractivity contribution in [3.63, 3.8) is 0 Å². The van der Waals surface area contributed by atoms with Gasteiger partial charge in [0.25, 0.3) is 0 Å². The van der Waals surface area contributed by atoms with Gasteiger partial charge in [0, 0.05) is 10.1 Å². The number of phenolic OH excluding ortho intramolecular Hbond substituents is 2. The van der Waals surface area contributed by atoms with Gasteiger partial charge in [-0.3, -0.25) is 0 Å². The van der Waals surface area contributed by atoms with Gasteiger partial charge in [-0.2, -0.15) is 0 Å². The molecule has 4 heteroatoms. The maximum Gasteiger partial charge on any atom is 0.153 e. The van der Waals surface area contributed by atoms with Crippen LogP contribution in [0, 0.1) is 6.92 Å². The van der Waals surface area contributed by atoms with Gasteiger partial charge in [0.05, 0.1) is 4.88 Å². The molecule has 1 heterocycles. The number of benzene rings is 3. The molecule has 4 rings (SSSR count). The average molecular weight is 348 g/mol. The van der Waals surface area contributed by atoms with Gasteiger partial charge in [0.2, 0.25) is 0 Å². The maximum absolute atomic E-state index is 9.80. The third-order valence-corrected chi connectivity index (χ3v) is 5.18. The number of hydrogen-bond donors (Lipinski definition) is 2. The molecule has 0 radical (unpaired) electrons. The first kappa shape index (κ1) is 15.5. The van der Waals surface area contributed by atoms with Crippen molar-refractivity contribution in [3.8, 4) is 33.4 Å². The molecule has 0 aliphatic heterocycles. The Morgan fingerprint density at radius 2 is 1.48 bits per heavy atom. The van der Waals surface area contributed by atoms with E-state index in [-0.39, 0.29) is 11.5 Å². The van der Waals surface area contributed by atoms with Crippen molar-refractivity contribution in [3.05, 3.63) is 72.3 Å². The van der Waals surface area contributed by atoms with Crippen LogP contribution in [0.15, 0.2) is 66.7 Å². The number of ether oxygens (including phenoxy) is 1. The Kier molecular flexibility index (Phi) is 3.82. The van der Waals surface area contributed by atoms with E-state index in [0.717, 1.165) is 26.3 Å². The van der Waals surface area contributed by atoms with E-state index >= 15 is 0 Å². The van der Waals surface area contributed by atoms with E-state index in [1.807, 2.05) is 6.07 Å². The van der Waals surface area contributed by atoms with E-state index in [9.17, 15) is 10.2 Å². The third kappa shape index (κ3) is 3.04. The van der Waals surface area contributed by atoms with Crippen LogP contribution in [-0.4, -0.2) is 10.2 Å². The summed E-state index contributed by atoms with van der Waals surface area (Å²) in [6, 6.07) is 20.2. The molecule has 0 unspecified atom stereocenters. The van der Waals surface area contributed by atoms with Gasteiger partial charge in [0.1, 0.15) is 17.2 Å². The normalized spacial score (nSPS) is 10.9. The van der Waals surface area contributed by atoms with Crippen LogP contribution in [0.5, 0.6) is 23.0 Å². The molecular weight excluding hydrogens is 332 g/mol. The molecule has 3 nitrogen and oxygen atoms in total. The predicted molar refractivity (Wildman–Crippen MR) is 102 cm³/mol. The van der Waals surface area contributed by atoms with Crippen molar-refractivity contribution in [2.24, 2.45) is 0 Å². The molecule has 0 atom stereocenters. The van der Waals surface area contributed by atoms with Crippen LogP contribution in [0.25, 0.3) is 20.5 Å². The van der Waals surface area contributed by atoms with Crippen LogP contribution in [0.3, 0.4) is 0 Å². The fourth-order valence-electron chi connectivity index (χ4n) is 2.69. The minimum absolute atomic E-state index is 0.200. The standard InChI is InChI=1S/C21H16O3S/c1-13-2-4-14(5-3-13)21-20(24-17-9-6-15(22)7-10-17)18-11-8-16(23)12-19(18)25-21/h2-12,22-23H,1H3. The van der Waals surface area contributed by atoms with Crippen LogP contribution in [0.1, 0.15) is 5.56 Å². The first-order valence-corrected chi connectivity index (χ1v) is 8.71. The number of phenols is 2. The Morgan fingerprint density at radius 3 is 2.20 bits per heavy atom. The molecular formula is C21H16O3S. The summed E-state index contributed by atoms with van der Waals surface area (Å²) >= 11 is 1.59. The summed E-state index contributed by atoms with van der Waals surface area (Å²) in [4.78, 5) is 1.01. The number of rotatable bonds is 3. The average Bonchev–Trinajstić information content (AvgIpc) is 2.95. The minimum Gasteiger partial charge on any atom is -0.508 e. The summed E-state index contributed by atoms with van der Waals surface area (Å²) < 4.78 is 7.12. The highest BCUT2D eigenvalue weighted by Crippen LogP contribution is 2.47. The smallest absolute Gasteiger partial charge is 0.153 e. The topological polar surface area (TPSA) is 49.7 Å². The summed E-state index contributed by atoms with van der Waals surface area (Å²) in [5.41, 5.74) is 2.27. The van der Waals surface area contributed by atoms with Crippen LogP contribution < -0.4 is 4.74 Å². The number of fused-ring (bicyclic) bond motifs is 1. The molecule has 0 saturated carbocycles. The SMILES string of the molecule is Cc1ccc(-c2sc3cc(O)ccc3c2Oc2ccc(O)cc2)cc1. The molecule has 124 valence electrons. The Bertz CT molecular complexity index is 1030. The molecule has 0 fully saturated rings. The van der Waals surface area contributed by atoms with E-state index in [0.29, 0.717) is 5.75 Å². The quantitative estimate of drug-likeness (QED) is 0.472. The van der Waals surface area contributed by atoms with Gasteiger partial charge in [-0.25, -0.2) is 0 Å². The van der Waals surface area contributed by atoms with Gasteiger partial charge in [-0.1, -0.05) is 29.8 Å². The lowest BCUT2D eigenvalue weighted by Gasteiger charge is -2.08. The van der Waals surface area contributed by atoms with Crippen LogP contribution >= 0.6 is 11.3 Å². The van der Waals surface area contributed by atoms with Crippen LogP contribution in [0.4, 0.5) is 0 Å². The Labute approximate surface area is 149 Å². The van der Waals surface area contributed by atoms with Gasteiger partial charge >= 0.3 is 0 Å². The van der Waals surface area contributed by atoms with E-state index < -0.39 is 0 Å². The lowest BCUT2D eigenvalue weighted by molar-refractivity contribution is 0.467. The molecule has 3 aromatic carbocycles. The molecule has 1 aromatic heterocycles. The Morgan fingerprint density at radius 1 is 0.800 bits per heavy atom. The van der Waals surface area contributed by atoms with Crippen LogP contribution in [0.2, 0.25) is 0 Å². The van der Waals surface area contributed by atoms with Crippen molar-refractivity contribution in [1.29, 1.82) is 0 Å². The summed E-state index contributed by atoms with van der Waals surface area (Å²) in [6.45, 7) is 2.06. The first-order chi connectivity index (χ1) is 12.1. The minimum atomic E-state index is 0.200. The largest absolute Gasteiger partial charge is 0.508 e. The first-order valence-electron chi connectivity index (χ1n) is 7.89. The lowest BCUT2D eigenvalue weighted by Crippen LogP contribution is -1.85. The zero-order valence-electron chi connectivity index (χ0n) is 13.6. The highest BCUT2D eigenvalue weighted by molar-refractivity contribution is 7.22. The highest BCUT2D eigenvalue weighted by Gasteiger charge is 2.16. The van der Waals surface area contributed by atoms with Crippen molar-refractivity contribution < 1.29 is 14.9 Å². The zero-order chi connectivity index (χ0) is 17.4. The summed E-state index contributed by atoms with van der Waals surface area (Å²) in [6.07, 6.45) is 0. The molecule has 4 aromatic rings. The fourth-order valence-corrected chi connectivity index (χ4v) is 3.86. The van der Waals surface area contributed by atoms with E-state index in [4.69, 9.17) is 4.74 Å². The van der Waals surface area contributed by atoms with Gasteiger partial charge in [-0.15, -0.1) is 11.3 Å². The molecule has 0 spiro atoms. The van der Waals surface area contributed by atoms with Gasteiger partial charge < -0.3 is 14.9 Å². The van der Waals surface area contributed by atoms with Crippen molar-refractivity contribution >= 4 is 21.4 Å². The molecule has 2 N–H and O–H groups in total. The van der Waals surface area contributed by atoms with E-state index in [1.54, 1.807) is 47.7 Å². The van der Waals surface area contributed by atoms with Crippen LogP contribution in [-0.2, 0) is 0 Å². The van der Waals surface area contributed by atoms with Crippen molar-refractivity contribution in [2.75, 3.05) is 0 Å². The summed E-state index contributed by atoms with van der Waals surface area (Å²) in [5.74, 6) is 1.85. The number of thiophene rings is 1. The van der Waals surface area contributed by atoms with E-state index in [2.05, 4.69) is 31.2 Å². The molecule has 0 bridgehead atoms. The second-order valence-electron chi connectivity index (χ2n) is 5.90. The molecule has 0 amide bonds. The maximum atomic E-state index is 9.80. The number of hydrogen-bond acceptors (Lipinski definition) is 4.